The number of nitrogen functional groups attached to an aromatic ring is 1. The van der Waals surface area contributed by atoms with E-state index in [-0.39, 0.29) is 0 Å². The highest BCUT2D eigenvalue weighted by atomic mass is 15.4. The molecule has 0 atom stereocenters. The molecule has 0 unspecified atom stereocenters. The van der Waals surface area contributed by atoms with E-state index in [2.05, 4.69) is 20.5 Å². The van der Waals surface area contributed by atoms with E-state index in [4.69, 9.17) is 5.73 Å². The van der Waals surface area contributed by atoms with Gasteiger partial charge in [-0.1, -0.05) is 42.5 Å². The first kappa shape index (κ1) is 15.7. The third kappa shape index (κ3) is 3.76. The van der Waals surface area contributed by atoms with Gasteiger partial charge in [0.1, 0.15) is 0 Å². The van der Waals surface area contributed by atoms with E-state index in [9.17, 15) is 0 Å². The Labute approximate surface area is 141 Å². The quantitative estimate of drug-likeness (QED) is 0.435. The lowest BCUT2D eigenvalue weighted by Gasteiger charge is -2.07. The number of aryl methyl sites for hydroxylation is 1. The summed E-state index contributed by atoms with van der Waals surface area (Å²) in [5.74, 6) is 0.470. The number of nitrogens with one attached hydrogen (secondary N) is 1. The van der Waals surface area contributed by atoms with Crippen molar-refractivity contribution in [1.29, 1.82) is 0 Å². The van der Waals surface area contributed by atoms with Crippen molar-refractivity contribution in [2.24, 2.45) is 5.10 Å². The zero-order chi connectivity index (χ0) is 16.9. The highest BCUT2D eigenvalue weighted by molar-refractivity contribution is 5.99. The Morgan fingerprint density at radius 2 is 1.79 bits per heavy atom. The van der Waals surface area contributed by atoms with Crippen LogP contribution < -0.4 is 11.2 Å². The van der Waals surface area contributed by atoms with Crippen LogP contribution in [0.1, 0.15) is 18.2 Å². The summed E-state index contributed by atoms with van der Waals surface area (Å²) in [7, 11) is 0. The Morgan fingerprint density at radius 3 is 2.54 bits per heavy atom. The first-order valence-electron chi connectivity index (χ1n) is 7.69. The summed E-state index contributed by atoms with van der Waals surface area (Å²) in [5, 5.41) is 4.37. The smallest absolute Gasteiger partial charge is 0.244 e. The molecule has 0 amide bonds. The molecule has 0 aliphatic heterocycles. The van der Waals surface area contributed by atoms with Crippen molar-refractivity contribution in [2.75, 3.05) is 11.2 Å². The second kappa shape index (κ2) is 6.91. The number of hydrogen-bond acceptors (Lipinski definition) is 5. The molecule has 0 bridgehead atoms. The second-order valence-electron chi connectivity index (χ2n) is 5.52. The number of nitrogens with two attached hydrogens (primary N) is 1. The summed E-state index contributed by atoms with van der Waals surface area (Å²) in [6.07, 6.45) is 0. The number of hydrogen-bond donors (Lipinski definition) is 2. The predicted octanol–water partition coefficient (Wildman–Crippen LogP) is 3.87. The molecule has 24 heavy (non-hydrogen) atoms. The summed E-state index contributed by atoms with van der Waals surface area (Å²) in [6.45, 7) is 3.85. The van der Waals surface area contributed by atoms with Crippen LogP contribution in [0.15, 0.2) is 65.8 Å². The molecular weight excluding hydrogens is 298 g/mol. The Morgan fingerprint density at radius 1 is 1.00 bits per heavy atom. The summed E-state index contributed by atoms with van der Waals surface area (Å²) in [5.41, 5.74) is 14.0. The van der Waals surface area contributed by atoms with Gasteiger partial charge in [-0.2, -0.15) is 5.10 Å². The minimum absolute atomic E-state index is 0.470. The SMILES string of the molecule is CC(=NNc1nc(C)cc(-c2ccccc2)n1)c1cccc(N)c1. The Kier molecular flexibility index (Phi) is 4.52. The fourth-order valence-corrected chi connectivity index (χ4v) is 2.34. The fraction of sp³-hybridized carbons (Fsp3) is 0.105. The predicted molar refractivity (Wildman–Crippen MR) is 98.9 cm³/mol. The number of nitrogens with zero attached hydrogens (tertiary/aromatic N) is 3. The maximum atomic E-state index is 5.81. The molecule has 1 heterocycles. The first-order valence-corrected chi connectivity index (χ1v) is 7.69. The van der Waals surface area contributed by atoms with E-state index in [1.807, 2.05) is 74.5 Å². The molecule has 120 valence electrons. The molecule has 5 nitrogen and oxygen atoms in total. The molecule has 0 spiro atoms. The van der Waals surface area contributed by atoms with Gasteiger partial charge >= 0.3 is 0 Å². The summed E-state index contributed by atoms with van der Waals surface area (Å²) < 4.78 is 0. The zero-order valence-corrected chi connectivity index (χ0v) is 13.7. The lowest BCUT2D eigenvalue weighted by molar-refractivity contribution is 1.07. The van der Waals surface area contributed by atoms with Crippen LogP contribution in [-0.4, -0.2) is 15.7 Å². The fourth-order valence-electron chi connectivity index (χ4n) is 2.34. The molecule has 5 heteroatoms. The van der Waals surface area contributed by atoms with Crippen molar-refractivity contribution >= 4 is 17.3 Å². The van der Waals surface area contributed by atoms with E-state index >= 15 is 0 Å². The van der Waals surface area contributed by atoms with E-state index < -0.39 is 0 Å². The molecule has 3 rings (SSSR count). The van der Waals surface area contributed by atoms with Gasteiger partial charge in [-0.25, -0.2) is 15.4 Å². The van der Waals surface area contributed by atoms with Crippen molar-refractivity contribution in [3.8, 4) is 11.3 Å². The van der Waals surface area contributed by atoms with Gasteiger partial charge in [0.05, 0.1) is 11.4 Å². The summed E-state index contributed by atoms with van der Waals surface area (Å²) in [6, 6.07) is 19.5. The van der Waals surface area contributed by atoms with Gasteiger partial charge in [-0.15, -0.1) is 0 Å². The van der Waals surface area contributed by atoms with Crippen LogP contribution in [0.4, 0.5) is 11.6 Å². The molecule has 0 fully saturated rings. The average molecular weight is 317 g/mol. The molecule has 0 saturated carbocycles. The molecule has 0 saturated heterocycles. The molecule has 0 aliphatic carbocycles. The standard InChI is InChI=1S/C19H19N5/c1-13-11-18(15-7-4-3-5-8-15)22-19(21-13)24-23-14(2)16-9-6-10-17(20)12-16/h3-12H,20H2,1-2H3,(H,21,22,24). The van der Waals surface area contributed by atoms with E-state index in [1.165, 1.54) is 0 Å². The topological polar surface area (TPSA) is 76.2 Å². The zero-order valence-electron chi connectivity index (χ0n) is 13.7. The highest BCUT2D eigenvalue weighted by Crippen LogP contribution is 2.18. The third-order valence-electron chi connectivity index (χ3n) is 3.55. The molecular formula is C19H19N5. The van der Waals surface area contributed by atoms with Crippen molar-refractivity contribution in [3.05, 3.63) is 71.9 Å². The van der Waals surface area contributed by atoms with Crippen LogP contribution in [0, 0.1) is 6.92 Å². The minimum atomic E-state index is 0.470. The van der Waals surface area contributed by atoms with Gasteiger partial charge in [-0.05, 0) is 37.6 Å². The lowest BCUT2D eigenvalue weighted by atomic mass is 10.1. The molecule has 1 aromatic heterocycles. The highest BCUT2D eigenvalue weighted by Gasteiger charge is 2.04. The average Bonchev–Trinajstić information content (AvgIpc) is 2.60. The van der Waals surface area contributed by atoms with Crippen LogP contribution in [0.25, 0.3) is 11.3 Å². The van der Waals surface area contributed by atoms with Crippen LogP contribution in [0.3, 0.4) is 0 Å². The normalized spacial score (nSPS) is 11.3. The maximum Gasteiger partial charge on any atom is 0.244 e. The van der Waals surface area contributed by atoms with Gasteiger partial charge in [0.25, 0.3) is 0 Å². The monoisotopic (exact) mass is 317 g/mol. The molecule has 0 aliphatic rings. The molecule has 2 aromatic carbocycles. The summed E-state index contributed by atoms with van der Waals surface area (Å²) >= 11 is 0. The van der Waals surface area contributed by atoms with Crippen LogP contribution in [0.5, 0.6) is 0 Å². The number of anilines is 2. The van der Waals surface area contributed by atoms with Crippen molar-refractivity contribution in [2.45, 2.75) is 13.8 Å². The third-order valence-corrected chi connectivity index (χ3v) is 3.55. The van der Waals surface area contributed by atoms with Gasteiger partial charge < -0.3 is 5.73 Å². The minimum Gasteiger partial charge on any atom is -0.399 e. The van der Waals surface area contributed by atoms with Gasteiger partial charge in [0, 0.05) is 16.9 Å². The molecule has 0 radical (unpaired) electrons. The number of hydrazone groups is 1. The van der Waals surface area contributed by atoms with Crippen LogP contribution >= 0.6 is 0 Å². The first-order chi connectivity index (χ1) is 11.6. The van der Waals surface area contributed by atoms with E-state index in [0.29, 0.717) is 11.6 Å². The van der Waals surface area contributed by atoms with Crippen LogP contribution in [-0.2, 0) is 0 Å². The Hall–Kier alpha value is -3.21. The van der Waals surface area contributed by atoms with Gasteiger partial charge in [-0.3, -0.25) is 0 Å². The lowest BCUT2D eigenvalue weighted by Crippen LogP contribution is -2.04. The van der Waals surface area contributed by atoms with Gasteiger partial charge in [0.15, 0.2) is 0 Å². The summed E-state index contributed by atoms with van der Waals surface area (Å²) in [4.78, 5) is 8.92. The Balaban J connectivity index is 1.85. The van der Waals surface area contributed by atoms with Gasteiger partial charge in [0.2, 0.25) is 5.95 Å². The Bertz CT molecular complexity index is 872. The molecule has 3 aromatic rings. The van der Waals surface area contributed by atoms with Crippen molar-refractivity contribution in [1.82, 2.24) is 9.97 Å². The largest absolute Gasteiger partial charge is 0.399 e. The number of aromatic nitrogens is 2. The number of benzene rings is 2. The van der Waals surface area contributed by atoms with E-state index in [0.717, 1.165) is 28.2 Å². The van der Waals surface area contributed by atoms with E-state index in [1.54, 1.807) is 0 Å². The van der Waals surface area contributed by atoms with Crippen molar-refractivity contribution < 1.29 is 0 Å². The van der Waals surface area contributed by atoms with Crippen molar-refractivity contribution in [3.63, 3.8) is 0 Å². The molecule has 3 N–H and O–H groups in total. The van der Waals surface area contributed by atoms with Crippen LogP contribution in [0.2, 0.25) is 0 Å². The number of rotatable bonds is 4. The maximum absolute atomic E-state index is 5.81. The second-order valence-corrected chi connectivity index (χ2v) is 5.52.